The number of hydrogen-bond acceptors (Lipinski definition) is 2. The lowest BCUT2D eigenvalue weighted by atomic mass is 10.2. The van der Waals surface area contributed by atoms with Crippen LogP contribution in [0.5, 0.6) is 5.75 Å². The third-order valence-corrected chi connectivity index (χ3v) is 3.14. The molecular weight excluding hydrogens is 228 g/mol. The van der Waals surface area contributed by atoms with Gasteiger partial charge in [-0.1, -0.05) is 12.1 Å². The number of carbonyl (C=O) groups excluding carboxylic acids is 1. The molecule has 1 aromatic carbocycles. The van der Waals surface area contributed by atoms with Crippen LogP contribution in [-0.4, -0.2) is 38.7 Å². The largest absolute Gasteiger partial charge is 0.493 e. The van der Waals surface area contributed by atoms with Gasteiger partial charge < -0.3 is 15.0 Å². The van der Waals surface area contributed by atoms with Crippen molar-refractivity contribution < 1.29 is 14.4 Å². The fourth-order valence-electron chi connectivity index (χ4n) is 2.19. The third kappa shape index (κ3) is 4.04. The predicted molar refractivity (Wildman–Crippen MR) is 69.9 cm³/mol. The molecule has 1 heterocycles. The lowest BCUT2D eigenvalue weighted by Gasteiger charge is -2.23. The smallest absolute Gasteiger partial charge is 0.275 e. The molecule has 2 N–H and O–H groups in total. The summed E-state index contributed by atoms with van der Waals surface area (Å²) in [6.07, 6.45) is 0.983. The van der Waals surface area contributed by atoms with Crippen LogP contribution in [0.25, 0.3) is 0 Å². The minimum atomic E-state index is 0.163. The van der Waals surface area contributed by atoms with Gasteiger partial charge in [0.05, 0.1) is 26.2 Å². The lowest BCUT2D eigenvalue weighted by molar-refractivity contribution is -0.893. The van der Waals surface area contributed by atoms with Crippen molar-refractivity contribution in [1.82, 2.24) is 5.32 Å². The Labute approximate surface area is 108 Å². The Morgan fingerprint density at radius 2 is 2.33 bits per heavy atom. The molecule has 0 aliphatic carbocycles. The average Bonchev–Trinajstić information content (AvgIpc) is 2.35. The summed E-state index contributed by atoms with van der Waals surface area (Å²) in [4.78, 5) is 12.6. The number of ether oxygens (including phenoxy) is 1. The number of carbonyl (C=O) groups is 1. The van der Waals surface area contributed by atoms with Crippen LogP contribution in [0, 0.1) is 6.92 Å². The van der Waals surface area contributed by atoms with Gasteiger partial charge in [-0.2, -0.15) is 0 Å². The fourth-order valence-corrected chi connectivity index (χ4v) is 2.19. The molecule has 0 bridgehead atoms. The molecule has 1 fully saturated rings. The van der Waals surface area contributed by atoms with Gasteiger partial charge in [0.1, 0.15) is 5.75 Å². The van der Waals surface area contributed by atoms with Crippen LogP contribution < -0.4 is 15.0 Å². The van der Waals surface area contributed by atoms with Crippen LogP contribution in [0.1, 0.15) is 12.0 Å². The summed E-state index contributed by atoms with van der Waals surface area (Å²) in [6.45, 7) is 6.20. The van der Waals surface area contributed by atoms with Crippen LogP contribution >= 0.6 is 0 Å². The highest BCUT2D eigenvalue weighted by atomic mass is 16.5. The fraction of sp³-hybridized carbons (Fsp3) is 0.500. The summed E-state index contributed by atoms with van der Waals surface area (Å²) in [7, 11) is 0. The van der Waals surface area contributed by atoms with E-state index in [-0.39, 0.29) is 5.91 Å². The van der Waals surface area contributed by atoms with Gasteiger partial charge in [-0.3, -0.25) is 4.79 Å². The number of amides is 1. The number of aryl methyl sites for hydroxylation is 1. The van der Waals surface area contributed by atoms with Gasteiger partial charge in [0.25, 0.3) is 5.91 Å². The highest BCUT2D eigenvalue weighted by Crippen LogP contribution is 2.12. The van der Waals surface area contributed by atoms with Crippen molar-refractivity contribution in [3.8, 4) is 5.75 Å². The third-order valence-electron chi connectivity index (χ3n) is 3.14. The molecule has 0 spiro atoms. The molecule has 1 unspecified atom stereocenters. The van der Waals surface area contributed by atoms with Gasteiger partial charge in [0.2, 0.25) is 0 Å². The number of benzene rings is 1. The van der Waals surface area contributed by atoms with E-state index in [1.165, 1.54) is 10.5 Å². The van der Waals surface area contributed by atoms with E-state index < -0.39 is 0 Å². The van der Waals surface area contributed by atoms with Crippen molar-refractivity contribution in [3.05, 3.63) is 29.8 Å². The topological polar surface area (TPSA) is 42.8 Å². The Balaban J connectivity index is 1.65. The molecule has 98 valence electrons. The normalized spacial score (nSPS) is 19.4. The highest BCUT2D eigenvalue weighted by Gasteiger charge is 2.18. The second-order valence-corrected chi connectivity index (χ2v) is 4.80. The van der Waals surface area contributed by atoms with Crippen molar-refractivity contribution in [3.63, 3.8) is 0 Å². The van der Waals surface area contributed by atoms with Crippen molar-refractivity contribution in [1.29, 1.82) is 0 Å². The standard InChI is InChI=1S/C14H20N2O2/c1-12-4-2-5-13(10-12)18-9-3-7-16-8-6-15-14(17)11-16/h2,4-5,10H,3,6-9,11H2,1H3,(H,15,17)/p+1. The van der Waals surface area contributed by atoms with Gasteiger partial charge in [0.15, 0.2) is 6.54 Å². The first-order chi connectivity index (χ1) is 8.74. The highest BCUT2D eigenvalue weighted by molar-refractivity contribution is 5.77. The van der Waals surface area contributed by atoms with Crippen molar-refractivity contribution >= 4 is 5.91 Å². The van der Waals surface area contributed by atoms with Crippen LogP contribution in [0.4, 0.5) is 0 Å². The summed E-state index contributed by atoms with van der Waals surface area (Å²) < 4.78 is 5.69. The zero-order valence-electron chi connectivity index (χ0n) is 10.9. The van der Waals surface area contributed by atoms with Crippen LogP contribution in [0.3, 0.4) is 0 Å². The molecule has 1 aromatic rings. The molecule has 4 heteroatoms. The molecule has 0 saturated carbocycles. The lowest BCUT2D eigenvalue weighted by Crippen LogP contribution is -3.15. The molecule has 18 heavy (non-hydrogen) atoms. The van der Waals surface area contributed by atoms with E-state index in [0.29, 0.717) is 13.2 Å². The van der Waals surface area contributed by atoms with E-state index in [1.807, 2.05) is 18.2 Å². The SMILES string of the molecule is Cc1cccc(OCCC[NH+]2CCNC(=O)C2)c1. The van der Waals surface area contributed by atoms with Gasteiger partial charge >= 0.3 is 0 Å². The Morgan fingerprint density at radius 1 is 1.44 bits per heavy atom. The van der Waals surface area contributed by atoms with Gasteiger partial charge in [-0.25, -0.2) is 0 Å². The summed E-state index contributed by atoms with van der Waals surface area (Å²) in [5.41, 5.74) is 1.21. The molecule has 1 saturated heterocycles. The average molecular weight is 249 g/mol. The quantitative estimate of drug-likeness (QED) is 0.709. The summed E-state index contributed by atoms with van der Waals surface area (Å²) in [6, 6.07) is 8.09. The van der Waals surface area contributed by atoms with E-state index >= 15 is 0 Å². The summed E-state index contributed by atoms with van der Waals surface area (Å²) in [5.74, 6) is 1.09. The number of quaternary nitrogens is 1. The molecule has 1 aliphatic rings. The Kier molecular flexibility index (Phi) is 4.59. The number of nitrogens with one attached hydrogen (secondary N) is 2. The van der Waals surface area contributed by atoms with E-state index in [4.69, 9.17) is 4.74 Å². The van der Waals surface area contributed by atoms with Gasteiger partial charge in [-0.05, 0) is 24.6 Å². The molecule has 1 atom stereocenters. The van der Waals surface area contributed by atoms with Gasteiger partial charge in [-0.15, -0.1) is 0 Å². The minimum Gasteiger partial charge on any atom is -0.493 e. The van der Waals surface area contributed by atoms with E-state index in [1.54, 1.807) is 0 Å². The Hall–Kier alpha value is -1.55. The van der Waals surface area contributed by atoms with Crippen molar-refractivity contribution in [2.45, 2.75) is 13.3 Å². The number of piperazine rings is 1. The zero-order chi connectivity index (χ0) is 12.8. The van der Waals surface area contributed by atoms with Gasteiger partial charge in [0, 0.05) is 6.42 Å². The first-order valence-corrected chi connectivity index (χ1v) is 6.54. The second-order valence-electron chi connectivity index (χ2n) is 4.80. The van der Waals surface area contributed by atoms with Crippen LogP contribution in [0.2, 0.25) is 0 Å². The Morgan fingerprint density at radius 3 is 3.11 bits per heavy atom. The van der Waals surface area contributed by atoms with E-state index in [0.717, 1.165) is 31.8 Å². The molecule has 0 radical (unpaired) electrons. The van der Waals surface area contributed by atoms with E-state index in [2.05, 4.69) is 18.3 Å². The Bertz CT molecular complexity index is 407. The first-order valence-electron chi connectivity index (χ1n) is 6.54. The number of rotatable bonds is 5. The van der Waals surface area contributed by atoms with E-state index in [9.17, 15) is 4.79 Å². The number of hydrogen-bond donors (Lipinski definition) is 2. The molecule has 4 nitrogen and oxygen atoms in total. The van der Waals surface area contributed by atoms with Crippen LogP contribution in [0.15, 0.2) is 24.3 Å². The predicted octanol–water partition coefficient (Wildman–Crippen LogP) is -0.221. The summed E-state index contributed by atoms with van der Waals surface area (Å²) in [5, 5.41) is 2.84. The maximum atomic E-state index is 11.2. The molecule has 1 amide bonds. The van der Waals surface area contributed by atoms with Crippen LogP contribution in [-0.2, 0) is 4.79 Å². The summed E-state index contributed by atoms with van der Waals surface area (Å²) >= 11 is 0. The molecule has 1 aliphatic heterocycles. The molecular formula is C14H21N2O2+. The monoisotopic (exact) mass is 249 g/mol. The van der Waals surface area contributed by atoms with Crippen molar-refractivity contribution in [2.75, 3.05) is 32.8 Å². The maximum absolute atomic E-state index is 11.2. The van der Waals surface area contributed by atoms with Crippen molar-refractivity contribution in [2.24, 2.45) is 0 Å². The minimum absolute atomic E-state index is 0.163. The molecule has 0 aromatic heterocycles. The zero-order valence-corrected chi connectivity index (χ0v) is 10.9. The maximum Gasteiger partial charge on any atom is 0.275 e. The second kappa shape index (κ2) is 6.40. The first kappa shape index (κ1) is 12.9. The molecule has 2 rings (SSSR count).